The molecule has 1 amide bonds. The fraction of sp³-hybridized carbons (Fsp3) is 0.211. The molecule has 0 radical (unpaired) electrons. The van der Waals surface area contributed by atoms with Gasteiger partial charge >= 0.3 is 6.01 Å². The molecule has 0 saturated carbocycles. The van der Waals surface area contributed by atoms with Crippen molar-refractivity contribution in [1.29, 1.82) is 0 Å². The number of benzene rings is 2. The van der Waals surface area contributed by atoms with Gasteiger partial charge < -0.3 is 4.42 Å². The lowest BCUT2D eigenvalue weighted by molar-refractivity contribution is 0.102. The predicted octanol–water partition coefficient (Wildman–Crippen LogP) is 2.58. The van der Waals surface area contributed by atoms with Gasteiger partial charge in [-0.3, -0.25) is 10.1 Å². The van der Waals surface area contributed by atoms with Gasteiger partial charge in [0.1, 0.15) is 0 Å². The molecule has 1 N–H and O–H groups in total. The molecule has 3 aromatic rings. The summed E-state index contributed by atoms with van der Waals surface area (Å²) in [5.41, 5.74) is 0.431. The van der Waals surface area contributed by atoms with Crippen molar-refractivity contribution >= 4 is 31.6 Å². The Balaban J connectivity index is 1.83. The highest BCUT2D eigenvalue weighted by Gasteiger charge is 2.22. The second kappa shape index (κ2) is 8.36. The molecule has 1 heterocycles. The molecule has 0 fully saturated rings. The minimum absolute atomic E-state index is 0.0156. The van der Waals surface area contributed by atoms with Gasteiger partial charge in [0, 0.05) is 5.56 Å². The van der Waals surface area contributed by atoms with E-state index in [0.29, 0.717) is 5.56 Å². The summed E-state index contributed by atoms with van der Waals surface area (Å²) in [6.45, 7) is 3.05. The van der Waals surface area contributed by atoms with E-state index in [1.165, 1.54) is 49.4 Å². The highest BCUT2D eigenvalue weighted by molar-refractivity contribution is 7.91. The first-order valence-corrected chi connectivity index (χ1v) is 12.3. The average Bonchev–Trinajstić information content (AvgIpc) is 3.22. The van der Waals surface area contributed by atoms with Crippen molar-refractivity contribution < 1.29 is 26.0 Å². The SMILES string of the molecule is CCS(=O)(=O)c1ccc(-c2nnc(NC(=O)c3ccccc3S(=O)(=O)CC)o2)cc1. The molecule has 0 bridgehead atoms. The molecule has 0 saturated heterocycles. The van der Waals surface area contributed by atoms with Gasteiger partial charge in [-0.05, 0) is 36.4 Å². The Morgan fingerprint density at radius 1 is 0.900 bits per heavy atom. The highest BCUT2D eigenvalue weighted by Crippen LogP contribution is 2.23. The number of aromatic nitrogens is 2. The molecule has 9 nitrogen and oxygen atoms in total. The van der Waals surface area contributed by atoms with Crippen LogP contribution >= 0.6 is 0 Å². The third kappa shape index (κ3) is 4.41. The Morgan fingerprint density at radius 2 is 1.53 bits per heavy atom. The average molecular weight is 450 g/mol. The first kappa shape index (κ1) is 21.7. The molecule has 11 heteroatoms. The summed E-state index contributed by atoms with van der Waals surface area (Å²) in [7, 11) is -6.93. The Bertz CT molecular complexity index is 1280. The summed E-state index contributed by atoms with van der Waals surface area (Å²) in [5.74, 6) is -0.799. The van der Waals surface area contributed by atoms with E-state index in [1.807, 2.05) is 0 Å². The first-order valence-electron chi connectivity index (χ1n) is 8.97. The number of nitrogens with zero attached hydrogens (tertiary/aromatic N) is 2. The van der Waals surface area contributed by atoms with Crippen LogP contribution < -0.4 is 5.32 Å². The highest BCUT2D eigenvalue weighted by atomic mass is 32.2. The van der Waals surface area contributed by atoms with Crippen LogP contribution in [0, 0.1) is 0 Å². The van der Waals surface area contributed by atoms with E-state index in [0.717, 1.165) is 0 Å². The second-order valence-corrected chi connectivity index (χ2v) is 10.7. The Morgan fingerprint density at radius 3 is 2.17 bits per heavy atom. The monoisotopic (exact) mass is 449 g/mol. The molecule has 2 aromatic carbocycles. The van der Waals surface area contributed by atoms with E-state index in [1.54, 1.807) is 13.0 Å². The summed E-state index contributed by atoms with van der Waals surface area (Å²) < 4.78 is 53.6. The fourth-order valence-corrected chi connectivity index (χ4v) is 4.58. The minimum Gasteiger partial charge on any atom is -0.403 e. The van der Waals surface area contributed by atoms with Crippen LogP contribution in [0.3, 0.4) is 0 Å². The van der Waals surface area contributed by atoms with Gasteiger partial charge in [-0.1, -0.05) is 31.1 Å². The van der Waals surface area contributed by atoms with Gasteiger partial charge in [0.25, 0.3) is 5.91 Å². The van der Waals surface area contributed by atoms with Crippen LogP contribution in [0.2, 0.25) is 0 Å². The smallest absolute Gasteiger partial charge is 0.322 e. The third-order valence-electron chi connectivity index (χ3n) is 4.33. The molecule has 0 unspecified atom stereocenters. The molecule has 0 aliphatic carbocycles. The summed E-state index contributed by atoms with van der Waals surface area (Å²) in [5, 5.41) is 9.96. The summed E-state index contributed by atoms with van der Waals surface area (Å²) in [6.07, 6.45) is 0. The van der Waals surface area contributed by atoms with Crippen LogP contribution in [-0.2, 0) is 19.7 Å². The van der Waals surface area contributed by atoms with E-state index in [-0.39, 0.29) is 38.8 Å². The van der Waals surface area contributed by atoms with Crippen LogP contribution in [-0.4, -0.2) is 44.4 Å². The van der Waals surface area contributed by atoms with Gasteiger partial charge in [-0.15, -0.1) is 5.10 Å². The topological polar surface area (TPSA) is 136 Å². The Labute approximate surface area is 174 Å². The standard InChI is InChI=1S/C19H19N3O6S2/c1-3-29(24,25)14-11-9-13(10-12-14)18-21-22-19(28-18)20-17(23)15-7-5-6-8-16(15)30(26,27)4-2/h5-12H,3-4H2,1-2H3,(H,20,22,23). The van der Waals surface area contributed by atoms with Gasteiger partial charge in [0.05, 0.1) is 26.9 Å². The zero-order valence-electron chi connectivity index (χ0n) is 16.2. The van der Waals surface area contributed by atoms with Crippen LogP contribution in [0.4, 0.5) is 6.01 Å². The van der Waals surface area contributed by atoms with Gasteiger partial charge in [0.15, 0.2) is 19.7 Å². The lowest BCUT2D eigenvalue weighted by atomic mass is 10.2. The number of anilines is 1. The van der Waals surface area contributed by atoms with Gasteiger partial charge in [-0.25, -0.2) is 16.8 Å². The van der Waals surface area contributed by atoms with Gasteiger partial charge in [-0.2, -0.15) is 0 Å². The maximum atomic E-state index is 12.6. The van der Waals surface area contributed by atoms with Gasteiger partial charge in [0.2, 0.25) is 5.89 Å². The number of carbonyl (C=O) groups excluding carboxylic acids is 1. The third-order valence-corrected chi connectivity index (χ3v) is 7.87. The van der Waals surface area contributed by atoms with E-state index < -0.39 is 25.6 Å². The van der Waals surface area contributed by atoms with Crippen LogP contribution in [0.25, 0.3) is 11.5 Å². The molecule has 0 spiro atoms. The van der Waals surface area contributed by atoms with Crippen molar-refractivity contribution in [2.75, 3.05) is 16.8 Å². The molecule has 158 valence electrons. The quantitative estimate of drug-likeness (QED) is 0.581. The molecule has 0 aliphatic heterocycles. The molecule has 0 atom stereocenters. The van der Waals surface area contributed by atoms with Crippen molar-refractivity contribution in [1.82, 2.24) is 10.2 Å². The summed E-state index contributed by atoms with van der Waals surface area (Å²) in [6, 6.07) is 11.5. The molecular weight excluding hydrogens is 430 g/mol. The van der Waals surface area contributed by atoms with E-state index in [2.05, 4.69) is 15.5 Å². The minimum atomic E-state index is -3.60. The zero-order valence-corrected chi connectivity index (χ0v) is 17.8. The Kier molecular flexibility index (Phi) is 6.04. The zero-order chi connectivity index (χ0) is 21.9. The number of hydrogen-bond donors (Lipinski definition) is 1. The molecular formula is C19H19N3O6S2. The summed E-state index contributed by atoms with van der Waals surface area (Å²) >= 11 is 0. The van der Waals surface area contributed by atoms with E-state index in [9.17, 15) is 21.6 Å². The number of hydrogen-bond acceptors (Lipinski definition) is 8. The van der Waals surface area contributed by atoms with E-state index >= 15 is 0 Å². The lowest BCUT2D eigenvalue weighted by Crippen LogP contribution is -2.17. The fourth-order valence-electron chi connectivity index (χ4n) is 2.61. The number of amides is 1. The summed E-state index contributed by atoms with van der Waals surface area (Å²) in [4.78, 5) is 12.7. The largest absolute Gasteiger partial charge is 0.403 e. The maximum absolute atomic E-state index is 12.6. The van der Waals surface area contributed by atoms with Crippen LogP contribution in [0.1, 0.15) is 24.2 Å². The van der Waals surface area contributed by atoms with Crippen molar-refractivity contribution in [2.45, 2.75) is 23.6 Å². The number of rotatable bonds is 7. The normalized spacial score (nSPS) is 11.9. The van der Waals surface area contributed by atoms with Crippen molar-refractivity contribution in [2.24, 2.45) is 0 Å². The van der Waals surface area contributed by atoms with Crippen LogP contribution in [0.15, 0.2) is 62.7 Å². The van der Waals surface area contributed by atoms with Crippen LogP contribution in [0.5, 0.6) is 0 Å². The molecule has 3 rings (SSSR count). The number of carbonyl (C=O) groups is 1. The number of sulfone groups is 2. The number of nitrogens with one attached hydrogen (secondary N) is 1. The molecule has 30 heavy (non-hydrogen) atoms. The first-order chi connectivity index (χ1) is 14.2. The Hall–Kier alpha value is -3.05. The molecule has 0 aliphatic rings. The predicted molar refractivity (Wildman–Crippen MR) is 110 cm³/mol. The van der Waals surface area contributed by atoms with Crippen molar-refractivity contribution in [3.63, 3.8) is 0 Å². The maximum Gasteiger partial charge on any atom is 0.322 e. The van der Waals surface area contributed by atoms with Crippen molar-refractivity contribution in [3.8, 4) is 11.5 Å². The lowest BCUT2D eigenvalue weighted by Gasteiger charge is -2.07. The second-order valence-electron chi connectivity index (χ2n) is 6.19. The van der Waals surface area contributed by atoms with Crippen molar-refractivity contribution in [3.05, 3.63) is 54.1 Å². The molecule has 1 aromatic heterocycles. The van der Waals surface area contributed by atoms with E-state index in [4.69, 9.17) is 4.42 Å².